The van der Waals surface area contributed by atoms with Gasteiger partial charge in [-0.3, -0.25) is 14.6 Å². The number of carboxylic acids is 1. The molecule has 5 heteroatoms. The predicted octanol–water partition coefficient (Wildman–Crippen LogP) is 0.894. The highest BCUT2D eigenvalue weighted by molar-refractivity contribution is 5.72. The number of aliphatic carboxylic acids is 1. The number of unbranched alkanes of at least 4 members (excludes halogenated alkanes) is 1. The molecule has 0 aromatic heterocycles. The minimum atomic E-state index is -0.730. The van der Waals surface area contributed by atoms with E-state index in [9.17, 15) is 4.79 Å². The Morgan fingerprint density at radius 1 is 1.28 bits per heavy atom. The molecular weight excluding hydrogens is 232 g/mol. The van der Waals surface area contributed by atoms with Gasteiger partial charge < -0.3 is 9.84 Å². The minimum absolute atomic E-state index is 0.368. The van der Waals surface area contributed by atoms with Gasteiger partial charge in [0.25, 0.3) is 0 Å². The van der Waals surface area contributed by atoms with Crippen molar-refractivity contribution in [1.82, 2.24) is 9.80 Å². The Hall–Kier alpha value is -0.650. The summed E-state index contributed by atoms with van der Waals surface area (Å²) in [5.74, 6) is -0.730. The van der Waals surface area contributed by atoms with Gasteiger partial charge in [-0.25, -0.2) is 0 Å². The molecule has 0 aliphatic carbocycles. The molecule has 1 atom stereocenters. The minimum Gasteiger partial charge on any atom is -0.480 e. The Morgan fingerprint density at radius 3 is 2.50 bits per heavy atom. The van der Waals surface area contributed by atoms with Crippen LogP contribution in [0.5, 0.6) is 0 Å². The van der Waals surface area contributed by atoms with Crippen LogP contribution in [0.25, 0.3) is 0 Å². The van der Waals surface area contributed by atoms with Crippen molar-refractivity contribution in [2.24, 2.45) is 0 Å². The van der Waals surface area contributed by atoms with Crippen LogP contribution in [0.4, 0.5) is 0 Å². The van der Waals surface area contributed by atoms with E-state index >= 15 is 0 Å². The predicted molar refractivity (Wildman–Crippen MR) is 70.8 cm³/mol. The second-order valence-electron chi connectivity index (χ2n) is 4.86. The number of carboxylic acid groups (broad SMARTS) is 1. The maximum atomic E-state index is 10.9. The molecule has 0 aromatic carbocycles. The molecule has 106 valence electrons. The fraction of sp³-hybridized carbons (Fsp3) is 0.923. The van der Waals surface area contributed by atoms with Gasteiger partial charge in [0.05, 0.1) is 6.61 Å². The molecule has 0 radical (unpaired) electrons. The van der Waals surface area contributed by atoms with Crippen molar-refractivity contribution in [1.29, 1.82) is 0 Å². The first-order valence-electron chi connectivity index (χ1n) is 6.92. The molecule has 0 saturated carbocycles. The van der Waals surface area contributed by atoms with Gasteiger partial charge in [0, 0.05) is 39.3 Å². The molecule has 1 rings (SSSR count). The number of carbonyl (C=O) groups is 1. The average Bonchev–Trinajstić information content (AvgIpc) is 2.38. The molecule has 0 aromatic rings. The molecule has 1 fully saturated rings. The lowest BCUT2D eigenvalue weighted by molar-refractivity contribution is -0.143. The smallest absolute Gasteiger partial charge is 0.320 e. The first-order chi connectivity index (χ1) is 8.65. The third-order valence-corrected chi connectivity index (χ3v) is 3.51. The van der Waals surface area contributed by atoms with Crippen LogP contribution in [0.2, 0.25) is 0 Å². The Labute approximate surface area is 110 Å². The molecule has 1 unspecified atom stereocenters. The van der Waals surface area contributed by atoms with E-state index < -0.39 is 5.97 Å². The first-order valence-corrected chi connectivity index (χ1v) is 6.92. The third-order valence-electron chi connectivity index (χ3n) is 3.51. The summed E-state index contributed by atoms with van der Waals surface area (Å²) in [6, 6.07) is -0.368. The lowest BCUT2D eigenvalue weighted by atomic mass is 10.2. The van der Waals surface area contributed by atoms with Crippen LogP contribution in [0.3, 0.4) is 0 Å². The summed E-state index contributed by atoms with van der Waals surface area (Å²) in [6.07, 6.45) is 2.30. The monoisotopic (exact) mass is 258 g/mol. The summed E-state index contributed by atoms with van der Waals surface area (Å²) >= 11 is 0. The number of nitrogens with zero attached hydrogens (tertiary/aromatic N) is 2. The van der Waals surface area contributed by atoms with Gasteiger partial charge in [-0.05, 0) is 13.3 Å². The van der Waals surface area contributed by atoms with Crippen molar-refractivity contribution in [2.45, 2.75) is 32.7 Å². The summed E-state index contributed by atoms with van der Waals surface area (Å²) in [4.78, 5) is 15.2. The van der Waals surface area contributed by atoms with E-state index in [1.165, 1.54) is 6.42 Å². The SMILES string of the molecule is CCCCOCCN1CCN(C(C)C(=O)O)CC1. The largest absolute Gasteiger partial charge is 0.480 e. The van der Waals surface area contributed by atoms with Crippen molar-refractivity contribution in [3.63, 3.8) is 0 Å². The Kier molecular flexibility index (Phi) is 7.23. The van der Waals surface area contributed by atoms with Gasteiger partial charge in [0.15, 0.2) is 0 Å². The number of hydrogen-bond acceptors (Lipinski definition) is 4. The Balaban J connectivity index is 2.10. The summed E-state index contributed by atoms with van der Waals surface area (Å²) in [7, 11) is 0. The normalized spacial score (nSPS) is 19.9. The molecule has 1 saturated heterocycles. The third kappa shape index (κ3) is 5.33. The van der Waals surface area contributed by atoms with Crippen molar-refractivity contribution >= 4 is 5.97 Å². The lowest BCUT2D eigenvalue weighted by Crippen LogP contribution is -2.52. The molecule has 0 spiro atoms. The standard InChI is InChI=1S/C13H26N2O3/c1-3-4-10-18-11-9-14-5-7-15(8-6-14)12(2)13(16)17/h12H,3-11H2,1-2H3,(H,16,17). The molecule has 0 amide bonds. The summed E-state index contributed by atoms with van der Waals surface area (Å²) in [6.45, 7) is 10.1. The molecule has 0 bridgehead atoms. The average molecular weight is 258 g/mol. The number of rotatable bonds is 8. The lowest BCUT2D eigenvalue weighted by Gasteiger charge is -2.36. The zero-order chi connectivity index (χ0) is 13.4. The zero-order valence-corrected chi connectivity index (χ0v) is 11.6. The molecular formula is C13H26N2O3. The van der Waals surface area contributed by atoms with E-state index in [2.05, 4.69) is 11.8 Å². The van der Waals surface area contributed by atoms with E-state index in [4.69, 9.17) is 9.84 Å². The van der Waals surface area contributed by atoms with Crippen LogP contribution < -0.4 is 0 Å². The van der Waals surface area contributed by atoms with Crippen LogP contribution in [0.15, 0.2) is 0 Å². The molecule has 1 heterocycles. The zero-order valence-electron chi connectivity index (χ0n) is 11.6. The van der Waals surface area contributed by atoms with E-state index in [1.54, 1.807) is 6.92 Å². The molecule has 18 heavy (non-hydrogen) atoms. The van der Waals surface area contributed by atoms with Crippen molar-refractivity contribution in [3.8, 4) is 0 Å². The van der Waals surface area contributed by atoms with Crippen molar-refractivity contribution in [2.75, 3.05) is 45.9 Å². The van der Waals surface area contributed by atoms with Crippen LogP contribution in [-0.4, -0.2) is 72.9 Å². The van der Waals surface area contributed by atoms with Crippen LogP contribution >= 0.6 is 0 Å². The molecule has 5 nitrogen and oxygen atoms in total. The summed E-state index contributed by atoms with van der Waals surface area (Å²) in [5, 5.41) is 8.95. The number of piperazine rings is 1. The Morgan fingerprint density at radius 2 is 1.94 bits per heavy atom. The van der Waals surface area contributed by atoms with Crippen LogP contribution in [0, 0.1) is 0 Å². The first kappa shape index (κ1) is 15.4. The number of hydrogen-bond donors (Lipinski definition) is 1. The summed E-state index contributed by atoms with van der Waals surface area (Å²) < 4.78 is 5.54. The highest BCUT2D eigenvalue weighted by Gasteiger charge is 2.24. The fourth-order valence-electron chi connectivity index (χ4n) is 2.07. The van der Waals surface area contributed by atoms with E-state index in [-0.39, 0.29) is 6.04 Å². The maximum Gasteiger partial charge on any atom is 0.320 e. The highest BCUT2D eigenvalue weighted by atomic mass is 16.5. The van der Waals surface area contributed by atoms with E-state index in [0.29, 0.717) is 0 Å². The van der Waals surface area contributed by atoms with Gasteiger partial charge in [0.2, 0.25) is 0 Å². The quantitative estimate of drug-likeness (QED) is 0.655. The van der Waals surface area contributed by atoms with Crippen LogP contribution in [0.1, 0.15) is 26.7 Å². The molecule has 1 N–H and O–H groups in total. The van der Waals surface area contributed by atoms with Crippen molar-refractivity contribution < 1.29 is 14.6 Å². The van der Waals surface area contributed by atoms with E-state index in [0.717, 1.165) is 52.4 Å². The second kappa shape index (κ2) is 8.45. The molecule has 1 aliphatic rings. The van der Waals surface area contributed by atoms with Crippen molar-refractivity contribution in [3.05, 3.63) is 0 Å². The Bertz CT molecular complexity index is 240. The van der Waals surface area contributed by atoms with Crippen LogP contribution in [-0.2, 0) is 9.53 Å². The summed E-state index contributed by atoms with van der Waals surface area (Å²) in [5.41, 5.74) is 0. The van der Waals surface area contributed by atoms with Gasteiger partial charge in [-0.1, -0.05) is 13.3 Å². The highest BCUT2D eigenvalue weighted by Crippen LogP contribution is 2.06. The van der Waals surface area contributed by atoms with Gasteiger partial charge in [-0.2, -0.15) is 0 Å². The van der Waals surface area contributed by atoms with E-state index in [1.807, 2.05) is 4.90 Å². The maximum absolute atomic E-state index is 10.9. The fourth-order valence-corrected chi connectivity index (χ4v) is 2.07. The number of ether oxygens (including phenoxy) is 1. The topological polar surface area (TPSA) is 53.0 Å². The van der Waals surface area contributed by atoms with Gasteiger partial charge in [0.1, 0.15) is 6.04 Å². The van der Waals surface area contributed by atoms with Gasteiger partial charge >= 0.3 is 5.97 Å². The second-order valence-corrected chi connectivity index (χ2v) is 4.86. The van der Waals surface area contributed by atoms with Gasteiger partial charge in [-0.15, -0.1) is 0 Å². The molecule has 1 aliphatic heterocycles.